The van der Waals surface area contributed by atoms with E-state index in [0.717, 1.165) is 0 Å². The van der Waals surface area contributed by atoms with Crippen LogP contribution < -0.4 is 56.5 Å². The minimum absolute atomic E-state index is 0. The molecule has 0 saturated carbocycles. The monoisotopic (exact) mass is 190 g/mol. The largest absolute Gasteiger partial charge is 1.00 e. The minimum atomic E-state index is -1.46. The van der Waals surface area contributed by atoms with Gasteiger partial charge in [-0.2, -0.15) is 0 Å². The molecule has 1 atom stereocenters. The summed E-state index contributed by atoms with van der Waals surface area (Å²) in [4.78, 5) is 19.5. The van der Waals surface area contributed by atoms with E-state index in [2.05, 4.69) is 0 Å². The predicted molar refractivity (Wildman–Crippen MR) is 26.9 cm³/mol. The van der Waals surface area contributed by atoms with Crippen molar-refractivity contribution >= 4 is 23.5 Å². The zero-order valence-corrected chi connectivity index (χ0v) is 9.21. The van der Waals surface area contributed by atoms with E-state index < -0.39 is 23.7 Å². The van der Waals surface area contributed by atoms with E-state index >= 15 is 0 Å². The molecule has 0 aromatic heterocycles. The molecule has 0 saturated heterocycles. The Labute approximate surface area is 105 Å². The van der Waals surface area contributed by atoms with Crippen LogP contribution in [0.25, 0.3) is 0 Å². The van der Waals surface area contributed by atoms with Gasteiger partial charge in [-0.25, -0.2) is 0 Å². The van der Waals surface area contributed by atoms with E-state index in [1.54, 1.807) is 0 Å². The Morgan fingerprint density at radius 3 is 2.10 bits per heavy atom. The first-order valence-electron chi connectivity index (χ1n) is 2.10. The van der Waals surface area contributed by atoms with Crippen LogP contribution in [0.2, 0.25) is 0 Å². The van der Waals surface area contributed by atoms with Gasteiger partial charge in [0, 0.05) is 12.4 Å². The summed E-state index contributed by atoms with van der Waals surface area (Å²) in [5, 5.41) is 16.3. The number of rotatable bonds is 3. The first-order valence-corrected chi connectivity index (χ1v) is 2.54. The Kier molecular flexibility index (Phi) is 8.84. The number of hydrogen-bond donors (Lipinski definition) is 1. The number of halogens is 1. The van der Waals surface area contributed by atoms with E-state index in [1.807, 2.05) is 0 Å². The molecule has 0 aromatic carbocycles. The smallest absolute Gasteiger partial charge is 0.550 e. The van der Waals surface area contributed by atoms with Crippen molar-refractivity contribution in [2.45, 2.75) is 11.8 Å². The van der Waals surface area contributed by atoms with Gasteiger partial charge < -0.3 is 15.0 Å². The van der Waals surface area contributed by atoms with Gasteiger partial charge in [0.15, 0.2) is 0 Å². The fraction of sp³-hybridized carbons (Fsp3) is 0.500. The van der Waals surface area contributed by atoms with E-state index in [-0.39, 0.29) is 51.4 Å². The molecule has 0 amide bonds. The predicted octanol–water partition coefficient (Wildman–Crippen LogP) is -4.18. The second-order valence-corrected chi connectivity index (χ2v) is 1.91. The van der Waals surface area contributed by atoms with Gasteiger partial charge in [-0.1, -0.05) is 0 Å². The maximum atomic E-state index is 9.81. The van der Waals surface area contributed by atoms with E-state index in [1.165, 1.54) is 0 Å². The summed E-state index contributed by atoms with van der Waals surface area (Å²) in [5.74, 6) is -2.81. The van der Waals surface area contributed by atoms with Gasteiger partial charge in [-0.3, -0.25) is 4.79 Å². The average molecular weight is 191 g/mol. The normalized spacial score (nSPS) is 11.3. The summed E-state index contributed by atoms with van der Waals surface area (Å²) in [6, 6.07) is 0. The molecule has 4 nitrogen and oxygen atoms in total. The molecule has 1 unspecified atom stereocenters. The number of carbonyl (C=O) groups is 2. The zero-order chi connectivity index (χ0) is 7.44. The summed E-state index contributed by atoms with van der Waals surface area (Å²) >= 11 is 4.99. The van der Waals surface area contributed by atoms with Gasteiger partial charge in [0.05, 0.1) is 0 Å². The molecular formula is C4H4ClKO4. The average Bonchev–Trinajstić information content (AvgIpc) is 1.63. The Morgan fingerprint density at radius 1 is 1.60 bits per heavy atom. The third kappa shape index (κ3) is 6.98. The SMILES string of the molecule is O=C([O-])CC(Cl)C(=O)O.[K+]. The number of carboxylic acid groups (broad SMARTS) is 2. The van der Waals surface area contributed by atoms with Crippen molar-refractivity contribution in [1.29, 1.82) is 0 Å². The van der Waals surface area contributed by atoms with E-state index in [9.17, 15) is 14.7 Å². The molecule has 0 spiro atoms. The number of hydrogen-bond acceptors (Lipinski definition) is 3. The quantitative estimate of drug-likeness (QED) is 0.362. The number of aliphatic carboxylic acids is 2. The van der Waals surface area contributed by atoms with Crippen LogP contribution in [-0.4, -0.2) is 22.4 Å². The van der Waals surface area contributed by atoms with Crippen LogP contribution >= 0.6 is 11.6 Å². The van der Waals surface area contributed by atoms with Gasteiger partial charge in [-0.05, 0) is 0 Å². The van der Waals surface area contributed by atoms with Gasteiger partial charge in [0.1, 0.15) is 5.38 Å². The Bertz CT molecular complexity index is 137. The van der Waals surface area contributed by atoms with Crippen molar-refractivity contribution in [3.05, 3.63) is 0 Å². The third-order valence-electron chi connectivity index (χ3n) is 0.614. The summed E-state index contributed by atoms with van der Waals surface area (Å²) in [5.41, 5.74) is 0. The first kappa shape index (κ1) is 13.5. The molecule has 0 bridgehead atoms. The summed E-state index contributed by atoms with van der Waals surface area (Å²) in [7, 11) is 0. The van der Waals surface area contributed by atoms with Crippen LogP contribution in [-0.2, 0) is 9.59 Å². The molecule has 0 aliphatic heterocycles. The molecule has 6 heteroatoms. The van der Waals surface area contributed by atoms with Crippen molar-refractivity contribution in [3.63, 3.8) is 0 Å². The van der Waals surface area contributed by atoms with Crippen molar-refractivity contribution in [1.82, 2.24) is 0 Å². The molecule has 1 N–H and O–H groups in total. The molecule has 0 aromatic rings. The van der Waals surface area contributed by atoms with Crippen LogP contribution in [0.4, 0.5) is 0 Å². The molecule has 0 rings (SSSR count). The van der Waals surface area contributed by atoms with Gasteiger partial charge >= 0.3 is 57.4 Å². The zero-order valence-electron chi connectivity index (χ0n) is 5.33. The molecule has 52 valence electrons. The van der Waals surface area contributed by atoms with Gasteiger partial charge in [0.25, 0.3) is 0 Å². The fourth-order valence-electron chi connectivity index (χ4n) is 0.234. The Morgan fingerprint density at radius 2 is 2.00 bits per heavy atom. The first-order chi connectivity index (χ1) is 4.04. The van der Waals surface area contributed by atoms with Crippen molar-refractivity contribution in [3.8, 4) is 0 Å². The summed E-state index contributed by atoms with van der Waals surface area (Å²) < 4.78 is 0. The number of carboxylic acids is 2. The van der Waals surface area contributed by atoms with Crippen LogP contribution in [0.15, 0.2) is 0 Å². The topological polar surface area (TPSA) is 77.4 Å². The van der Waals surface area contributed by atoms with Gasteiger partial charge in [0.2, 0.25) is 0 Å². The van der Waals surface area contributed by atoms with E-state index in [4.69, 9.17) is 16.7 Å². The molecule has 0 fully saturated rings. The second kappa shape index (κ2) is 6.57. The molecule has 0 radical (unpaired) electrons. The Balaban J connectivity index is 0. The maximum Gasteiger partial charge on any atom is 1.00 e. The van der Waals surface area contributed by atoms with E-state index in [0.29, 0.717) is 0 Å². The maximum absolute atomic E-state index is 9.81. The van der Waals surface area contributed by atoms with Crippen LogP contribution in [0.3, 0.4) is 0 Å². The molecule has 0 aliphatic carbocycles. The molecule has 0 aliphatic rings. The summed E-state index contributed by atoms with van der Waals surface area (Å²) in [6.07, 6.45) is -0.656. The van der Waals surface area contributed by atoms with Crippen molar-refractivity contribution in [2.75, 3.05) is 0 Å². The fourth-order valence-corrected chi connectivity index (χ4v) is 0.360. The van der Waals surface area contributed by atoms with Crippen molar-refractivity contribution in [2.24, 2.45) is 0 Å². The third-order valence-corrected chi connectivity index (χ3v) is 0.955. The van der Waals surface area contributed by atoms with Crippen LogP contribution in [0.1, 0.15) is 6.42 Å². The number of alkyl halides is 1. The number of carbonyl (C=O) groups excluding carboxylic acids is 1. The molecule has 10 heavy (non-hydrogen) atoms. The van der Waals surface area contributed by atoms with Crippen molar-refractivity contribution < 1.29 is 71.2 Å². The second-order valence-electron chi connectivity index (χ2n) is 1.38. The Hall–Kier alpha value is 0.866. The molecule has 0 heterocycles. The van der Waals surface area contributed by atoms with Gasteiger partial charge in [-0.15, -0.1) is 11.6 Å². The standard InChI is InChI=1S/C4H5ClO4.K/c5-2(4(8)9)1-3(6)7;/h2H,1H2,(H,6,7)(H,8,9);/q;+1/p-1. The summed E-state index contributed by atoms with van der Waals surface area (Å²) in [6.45, 7) is 0. The van der Waals surface area contributed by atoms with Crippen LogP contribution in [0.5, 0.6) is 0 Å². The van der Waals surface area contributed by atoms with Crippen LogP contribution in [0, 0.1) is 0 Å². The molecular weight excluding hydrogens is 187 g/mol. The minimum Gasteiger partial charge on any atom is -0.550 e.